The van der Waals surface area contributed by atoms with Crippen molar-refractivity contribution in [1.29, 1.82) is 5.26 Å². The van der Waals surface area contributed by atoms with Gasteiger partial charge in [0.25, 0.3) is 0 Å². The molecule has 110 valence electrons. The van der Waals surface area contributed by atoms with Gasteiger partial charge in [0, 0.05) is 22.8 Å². The van der Waals surface area contributed by atoms with Gasteiger partial charge >= 0.3 is 0 Å². The molecule has 0 bridgehead atoms. The van der Waals surface area contributed by atoms with Crippen LogP contribution in [0.2, 0.25) is 0 Å². The molecule has 1 saturated carbocycles. The maximum atomic E-state index is 12.2. The van der Waals surface area contributed by atoms with Crippen LogP contribution < -0.4 is 0 Å². The van der Waals surface area contributed by atoms with E-state index in [4.69, 9.17) is 5.26 Å². The standard InChI is InChI=1S/C15H16N2O4/c16-9-10-4-6-11(7-5-10)14(19)8-12-2-1-3-13(18)15(12)17(20)21/h4-7,12-13,15,18H,1-3,8H2. The van der Waals surface area contributed by atoms with Crippen molar-refractivity contribution in [3.05, 3.63) is 45.5 Å². The van der Waals surface area contributed by atoms with Gasteiger partial charge in [-0.05, 0) is 25.0 Å². The molecule has 0 saturated heterocycles. The summed E-state index contributed by atoms with van der Waals surface area (Å²) in [6.07, 6.45) is 0.746. The minimum atomic E-state index is -1.07. The number of ketones is 1. The number of hydrogen-bond acceptors (Lipinski definition) is 5. The van der Waals surface area contributed by atoms with Crippen LogP contribution >= 0.6 is 0 Å². The first kappa shape index (κ1) is 15.1. The van der Waals surface area contributed by atoms with Gasteiger partial charge in [0.05, 0.1) is 11.6 Å². The van der Waals surface area contributed by atoms with Gasteiger partial charge in [-0.15, -0.1) is 0 Å². The number of hydrogen-bond donors (Lipinski definition) is 1. The zero-order valence-corrected chi connectivity index (χ0v) is 11.4. The first-order chi connectivity index (χ1) is 10.0. The second kappa shape index (κ2) is 6.46. The molecular formula is C15H16N2O4. The fraction of sp³-hybridized carbons (Fsp3) is 0.467. The lowest BCUT2D eigenvalue weighted by molar-refractivity contribution is -0.547. The van der Waals surface area contributed by atoms with Crippen molar-refractivity contribution in [2.75, 3.05) is 0 Å². The molecule has 1 aromatic carbocycles. The second-order valence-electron chi connectivity index (χ2n) is 5.35. The number of benzene rings is 1. The molecule has 0 heterocycles. The third-order valence-corrected chi connectivity index (χ3v) is 3.98. The van der Waals surface area contributed by atoms with E-state index in [9.17, 15) is 20.0 Å². The van der Waals surface area contributed by atoms with Crippen molar-refractivity contribution >= 4 is 5.78 Å². The molecule has 3 atom stereocenters. The van der Waals surface area contributed by atoms with Crippen LogP contribution in [0.25, 0.3) is 0 Å². The van der Waals surface area contributed by atoms with Gasteiger partial charge < -0.3 is 5.11 Å². The van der Waals surface area contributed by atoms with Gasteiger partial charge in [-0.3, -0.25) is 14.9 Å². The van der Waals surface area contributed by atoms with E-state index in [1.54, 1.807) is 24.3 Å². The van der Waals surface area contributed by atoms with Gasteiger partial charge in [-0.25, -0.2) is 0 Å². The van der Waals surface area contributed by atoms with Crippen LogP contribution in [-0.4, -0.2) is 28.0 Å². The summed E-state index contributed by atoms with van der Waals surface area (Å²) >= 11 is 0. The van der Waals surface area contributed by atoms with Crippen LogP contribution in [0.1, 0.15) is 41.6 Å². The number of rotatable bonds is 4. The van der Waals surface area contributed by atoms with Gasteiger partial charge in [0.2, 0.25) is 6.04 Å². The largest absolute Gasteiger partial charge is 0.386 e. The van der Waals surface area contributed by atoms with Crippen molar-refractivity contribution in [1.82, 2.24) is 0 Å². The number of nitriles is 1. The molecular weight excluding hydrogens is 272 g/mol. The zero-order valence-electron chi connectivity index (χ0n) is 11.4. The monoisotopic (exact) mass is 288 g/mol. The molecule has 0 aromatic heterocycles. The molecule has 6 heteroatoms. The number of aliphatic hydroxyl groups excluding tert-OH is 1. The molecule has 1 aliphatic rings. The Kier molecular flexibility index (Phi) is 4.66. The molecule has 1 aromatic rings. The van der Waals surface area contributed by atoms with Crippen LogP contribution in [0.3, 0.4) is 0 Å². The maximum Gasteiger partial charge on any atom is 0.241 e. The summed E-state index contributed by atoms with van der Waals surface area (Å²) < 4.78 is 0. The molecule has 3 unspecified atom stereocenters. The first-order valence-corrected chi connectivity index (χ1v) is 6.88. The predicted octanol–water partition coefficient (Wildman–Crippen LogP) is 1.94. The average molecular weight is 288 g/mol. The Morgan fingerprint density at radius 3 is 2.62 bits per heavy atom. The lowest BCUT2D eigenvalue weighted by atomic mass is 9.79. The minimum absolute atomic E-state index is 0.0502. The Morgan fingerprint density at radius 2 is 2.05 bits per heavy atom. The predicted molar refractivity (Wildman–Crippen MR) is 74.2 cm³/mol. The van der Waals surface area contributed by atoms with Crippen molar-refractivity contribution in [2.24, 2.45) is 5.92 Å². The van der Waals surface area contributed by atoms with Gasteiger partial charge in [0.1, 0.15) is 6.10 Å². The van der Waals surface area contributed by atoms with E-state index in [2.05, 4.69) is 0 Å². The quantitative estimate of drug-likeness (QED) is 0.518. The third-order valence-electron chi connectivity index (χ3n) is 3.98. The molecule has 0 spiro atoms. The van der Waals surface area contributed by atoms with Crippen molar-refractivity contribution in [2.45, 2.75) is 37.8 Å². The summed E-state index contributed by atoms with van der Waals surface area (Å²) in [7, 11) is 0. The molecule has 0 amide bonds. The topological polar surface area (TPSA) is 104 Å². The highest BCUT2D eigenvalue weighted by Gasteiger charge is 2.41. The van der Waals surface area contributed by atoms with E-state index >= 15 is 0 Å². The Labute approximate surface area is 122 Å². The number of Topliss-reactive ketones (excluding diaryl/α,β-unsaturated/α-hetero) is 1. The summed E-state index contributed by atoms with van der Waals surface area (Å²) in [6.45, 7) is 0. The van der Waals surface area contributed by atoms with Crippen LogP contribution in [-0.2, 0) is 0 Å². The highest BCUT2D eigenvalue weighted by molar-refractivity contribution is 5.96. The van der Waals surface area contributed by atoms with E-state index < -0.39 is 23.0 Å². The summed E-state index contributed by atoms with van der Waals surface area (Å²) in [5, 5.41) is 29.6. The van der Waals surface area contributed by atoms with Crippen molar-refractivity contribution in [3.8, 4) is 6.07 Å². The minimum Gasteiger partial charge on any atom is -0.386 e. The summed E-state index contributed by atoms with van der Waals surface area (Å²) in [5.74, 6) is -0.627. The highest BCUT2D eigenvalue weighted by Crippen LogP contribution is 2.30. The number of aliphatic hydroxyl groups is 1. The Morgan fingerprint density at radius 1 is 1.38 bits per heavy atom. The van der Waals surface area contributed by atoms with Gasteiger partial charge in [0.15, 0.2) is 5.78 Å². The molecule has 21 heavy (non-hydrogen) atoms. The summed E-state index contributed by atoms with van der Waals surface area (Å²) in [5.41, 5.74) is 0.902. The number of carbonyl (C=O) groups is 1. The van der Waals surface area contributed by atoms with E-state index in [1.807, 2.05) is 6.07 Å². The van der Waals surface area contributed by atoms with Crippen LogP contribution in [0.4, 0.5) is 0 Å². The number of nitro groups is 1. The van der Waals surface area contributed by atoms with E-state index in [0.29, 0.717) is 30.4 Å². The molecule has 0 aliphatic heterocycles. The van der Waals surface area contributed by atoms with Crippen molar-refractivity contribution < 1.29 is 14.8 Å². The first-order valence-electron chi connectivity index (χ1n) is 6.88. The van der Waals surface area contributed by atoms with Crippen LogP contribution in [0.5, 0.6) is 0 Å². The normalized spacial score (nSPS) is 25.0. The molecule has 2 rings (SSSR count). The zero-order chi connectivity index (χ0) is 15.4. The molecule has 0 radical (unpaired) electrons. The lowest BCUT2D eigenvalue weighted by Crippen LogP contribution is -2.44. The van der Waals surface area contributed by atoms with Crippen LogP contribution in [0, 0.1) is 27.4 Å². The summed E-state index contributed by atoms with van der Waals surface area (Å²) in [4.78, 5) is 22.8. The van der Waals surface area contributed by atoms with E-state index in [0.717, 1.165) is 0 Å². The fourth-order valence-electron chi connectivity index (χ4n) is 2.87. The van der Waals surface area contributed by atoms with Crippen molar-refractivity contribution in [3.63, 3.8) is 0 Å². The Balaban J connectivity index is 2.09. The van der Waals surface area contributed by atoms with E-state index in [1.165, 1.54) is 0 Å². The lowest BCUT2D eigenvalue weighted by Gasteiger charge is -2.28. The third kappa shape index (κ3) is 3.44. The fourth-order valence-corrected chi connectivity index (χ4v) is 2.87. The van der Waals surface area contributed by atoms with Crippen LogP contribution in [0.15, 0.2) is 24.3 Å². The molecule has 1 aliphatic carbocycles. The second-order valence-corrected chi connectivity index (χ2v) is 5.35. The van der Waals surface area contributed by atoms with E-state index in [-0.39, 0.29) is 12.2 Å². The molecule has 1 N–H and O–H groups in total. The number of carbonyl (C=O) groups excluding carboxylic acids is 1. The highest BCUT2D eigenvalue weighted by atomic mass is 16.6. The Bertz CT molecular complexity index is 576. The Hall–Kier alpha value is -2.26. The summed E-state index contributed by atoms with van der Waals surface area (Å²) in [6, 6.07) is 7.11. The smallest absolute Gasteiger partial charge is 0.241 e. The maximum absolute atomic E-state index is 12.2. The molecule has 6 nitrogen and oxygen atoms in total. The molecule has 1 fully saturated rings. The van der Waals surface area contributed by atoms with Gasteiger partial charge in [-0.2, -0.15) is 5.26 Å². The number of nitrogens with zero attached hydrogens (tertiary/aromatic N) is 2. The SMILES string of the molecule is N#Cc1ccc(C(=O)CC2CCCC(O)C2[N+](=O)[O-])cc1. The van der Waals surface area contributed by atoms with Gasteiger partial charge in [-0.1, -0.05) is 18.6 Å². The average Bonchev–Trinajstić information content (AvgIpc) is 2.47.